The lowest BCUT2D eigenvalue weighted by molar-refractivity contribution is -0.116. The Morgan fingerprint density at radius 1 is 1.00 bits per heavy atom. The van der Waals surface area contributed by atoms with Gasteiger partial charge in [0.2, 0.25) is 0 Å². The maximum absolute atomic E-state index is 13.5. The molecule has 5 rings (SSSR count). The van der Waals surface area contributed by atoms with Gasteiger partial charge in [-0.05, 0) is 54.8 Å². The van der Waals surface area contributed by atoms with Crippen molar-refractivity contribution in [2.45, 2.75) is 25.2 Å². The molecule has 176 valence electrons. The highest BCUT2D eigenvalue weighted by Gasteiger charge is 2.43. The van der Waals surface area contributed by atoms with E-state index in [2.05, 4.69) is 0 Å². The third kappa shape index (κ3) is 4.13. The molecule has 3 aromatic carbocycles. The van der Waals surface area contributed by atoms with Crippen molar-refractivity contribution in [3.05, 3.63) is 112 Å². The Labute approximate surface area is 209 Å². The molecule has 35 heavy (non-hydrogen) atoms. The molecule has 0 aromatic heterocycles. The number of hydrogen-bond acceptors (Lipinski definition) is 4. The number of benzene rings is 3. The number of ether oxygens (including phenoxy) is 1. The molecule has 1 aliphatic carbocycles. The first-order valence-corrected chi connectivity index (χ1v) is 11.9. The largest absolute Gasteiger partial charge is 0.507 e. The molecule has 2 aliphatic rings. The Morgan fingerprint density at radius 2 is 1.69 bits per heavy atom. The number of nitrogens with zero attached hydrogens (tertiary/aromatic N) is 1. The van der Waals surface area contributed by atoms with Gasteiger partial charge in [0, 0.05) is 45.5 Å². The molecule has 0 amide bonds. The molecule has 0 fully saturated rings. The summed E-state index contributed by atoms with van der Waals surface area (Å²) in [6.07, 6.45) is 1.82. The predicted molar refractivity (Wildman–Crippen MR) is 139 cm³/mol. The van der Waals surface area contributed by atoms with E-state index < -0.39 is 5.92 Å². The summed E-state index contributed by atoms with van der Waals surface area (Å²) in [6.45, 7) is 0. The average molecular weight is 485 g/mol. The number of rotatable bonds is 4. The van der Waals surface area contributed by atoms with Gasteiger partial charge in [-0.15, -0.1) is 0 Å². The Bertz CT molecular complexity index is 1340. The molecule has 1 atom stereocenters. The van der Waals surface area contributed by atoms with Crippen molar-refractivity contribution >= 4 is 34.7 Å². The van der Waals surface area contributed by atoms with E-state index in [9.17, 15) is 15.3 Å². The lowest BCUT2D eigenvalue weighted by Crippen LogP contribution is -2.42. The molecule has 1 unspecified atom stereocenters. The summed E-state index contributed by atoms with van der Waals surface area (Å²) in [5.41, 5.74) is 3.97. The number of anilines is 1. The van der Waals surface area contributed by atoms with Crippen LogP contribution in [0.2, 0.25) is 5.02 Å². The van der Waals surface area contributed by atoms with Crippen molar-refractivity contribution in [3.8, 4) is 5.75 Å². The van der Waals surface area contributed by atoms with Gasteiger partial charge in [0.1, 0.15) is 17.3 Å². The smallest absolute Gasteiger partial charge is 0.161 e. The number of methoxy groups -OCH3 is 1. The Morgan fingerprint density at radius 3 is 2.34 bits per heavy atom. The van der Waals surface area contributed by atoms with Crippen LogP contribution in [0.15, 0.2) is 95.7 Å². The van der Waals surface area contributed by atoms with E-state index >= 15 is 0 Å². The number of aliphatic hydroxyl groups is 1. The van der Waals surface area contributed by atoms with E-state index in [1.807, 2.05) is 54.6 Å². The molecule has 6 heteroatoms. The van der Waals surface area contributed by atoms with Gasteiger partial charge in [-0.1, -0.05) is 54.1 Å². The van der Waals surface area contributed by atoms with Crippen LogP contribution in [-0.4, -0.2) is 23.8 Å². The fraction of sp³-hybridized carbons (Fsp3) is 0.172. The Hall–Kier alpha value is -3.83. The molecule has 5 nitrogen and oxygen atoms in total. The van der Waals surface area contributed by atoms with Crippen LogP contribution in [0.4, 0.5) is 5.69 Å². The van der Waals surface area contributed by atoms with Crippen molar-refractivity contribution < 1.29 is 14.6 Å². The zero-order valence-electron chi connectivity index (χ0n) is 19.3. The van der Waals surface area contributed by atoms with E-state index in [0.29, 0.717) is 46.7 Å². The van der Waals surface area contributed by atoms with Gasteiger partial charge in [-0.3, -0.25) is 15.1 Å². The summed E-state index contributed by atoms with van der Waals surface area (Å²) in [7, 11) is 1.60. The Balaban J connectivity index is 1.80. The van der Waals surface area contributed by atoms with E-state index in [1.54, 1.807) is 36.3 Å². The van der Waals surface area contributed by atoms with Crippen LogP contribution in [0.1, 0.15) is 36.3 Å². The third-order valence-electron chi connectivity index (χ3n) is 6.59. The number of allylic oxidation sites excluding steroid dienone is 2. The minimum Gasteiger partial charge on any atom is -0.507 e. The fourth-order valence-electron chi connectivity index (χ4n) is 4.95. The summed E-state index contributed by atoms with van der Waals surface area (Å²) in [5, 5.41) is 21.5. The molecular formula is C29H25ClN2O3. The molecule has 1 heterocycles. The first kappa shape index (κ1) is 22.9. The highest BCUT2D eigenvalue weighted by atomic mass is 35.5. The third-order valence-corrected chi connectivity index (χ3v) is 6.84. The normalized spacial score (nSPS) is 19.5. The van der Waals surface area contributed by atoms with Gasteiger partial charge >= 0.3 is 0 Å². The van der Waals surface area contributed by atoms with Crippen LogP contribution in [0.3, 0.4) is 0 Å². The predicted octanol–water partition coefficient (Wildman–Crippen LogP) is 6.91. The van der Waals surface area contributed by atoms with Crippen molar-refractivity contribution in [1.29, 1.82) is 5.41 Å². The first-order chi connectivity index (χ1) is 17.0. The van der Waals surface area contributed by atoms with Crippen LogP contribution in [0.25, 0.3) is 5.76 Å². The van der Waals surface area contributed by atoms with Gasteiger partial charge in [0.15, 0.2) is 5.78 Å². The summed E-state index contributed by atoms with van der Waals surface area (Å²) in [4.78, 5) is 15.3. The molecule has 0 bridgehead atoms. The number of carbonyl (C=O) groups is 1. The number of hydrogen-bond donors (Lipinski definition) is 2. The highest BCUT2D eigenvalue weighted by Crippen LogP contribution is 2.48. The lowest BCUT2D eigenvalue weighted by Gasteiger charge is -2.41. The van der Waals surface area contributed by atoms with E-state index in [4.69, 9.17) is 16.3 Å². The highest BCUT2D eigenvalue weighted by molar-refractivity contribution is 6.30. The van der Waals surface area contributed by atoms with Crippen LogP contribution in [-0.2, 0) is 4.79 Å². The van der Waals surface area contributed by atoms with E-state index in [0.717, 1.165) is 16.9 Å². The van der Waals surface area contributed by atoms with Crippen LogP contribution >= 0.6 is 11.6 Å². The van der Waals surface area contributed by atoms with E-state index in [1.165, 1.54) is 0 Å². The lowest BCUT2D eigenvalue weighted by atomic mass is 9.73. The van der Waals surface area contributed by atoms with E-state index in [-0.39, 0.29) is 17.4 Å². The number of halogens is 1. The molecule has 2 N–H and O–H groups in total. The van der Waals surface area contributed by atoms with Gasteiger partial charge in [0.05, 0.1) is 7.11 Å². The monoisotopic (exact) mass is 484 g/mol. The van der Waals surface area contributed by atoms with Crippen LogP contribution in [0.5, 0.6) is 5.75 Å². The zero-order valence-corrected chi connectivity index (χ0v) is 20.0. The number of amidine groups is 1. The minimum absolute atomic E-state index is 0.0136. The maximum atomic E-state index is 13.5. The fourth-order valence-corrected chi connectivity index (χ4v) is 5.07. The van der Waals surface area contributed by atoms with Gasteiger partial charge in [-0.25, -0.2) is 0 Å². The molecule has 0 radical (unpaired) electrons. The van der Waals surface area contributed by atoms with Gasteiger partial charge in [-0.2, -0.15) is 0 Å². The summed E-state index contributed by atoms with van der Waals surface area (Å²) in [5.74, 6) is 0.296. The van der Waals surface area contributed by atoms with Crippen LogP contribution in [0, 0.1) is 5.41 Å². The number of carbonyl (C=O) groups excluding carboxylic acids is 1. The average Bonchev–Trinajstić information content (AvgIpc) is 2.89. The van der Waals surface area contributed by atoms with Gasteiger partial charge < -0.3 is 9.84 Å². The minimum atomic E-state index is -0.569. The number of ketones is 1. The first-order valence-electron chi connectivity index (χ1n) is 11.5. The van der Waals surface area contributed by atoms with Gasteiger partial charge in [0.25, 0.3) is 0 Å². The molecule has 0 saturated heterocycles. The summed E-state index contributed by atoms with van der Waals surface area (Å²) >= 11 is 6.14. The second kappa shape index (κ2) is 9.43. The second-order valence-electron chi connectivity index (χ2n) is 8.63. The molecular weight excluding hydrogens is 460 g/mol. The van der Waals surface area contributed by atoms with Crippen molar-refractivity contribution in [2.24, 2.45) is 0 Å². The standard InChI is InChI=1S/C29H25ClN2O3/c1-35-22-16-10-18(11-17-22)25-26-23(8-5-9-24(26)33)32(21-14-12-20(30)13-15-21)29(31)27(25)28(34)19-6-3-2-4-7-19/h2-4,6-7,10-17,25,31,34H,5,8-9H2,1H3. The number of aliphatic hydroxyl groups excluding tert-OH is 1. The van der Waals surface area contributed by atoms with Crippen molar-refractivity contribution in [3.63, 3.8) is 0 Å². The summed E-state index contributed by atoms with van der Waals surface area (Å²) < 4.78 is 5.33. The Kier molecular flexibility index (Phi) is 6.18. The van der Waals surface area contributed by atoms with Crippen molar-refractivity contribution in [2.75, 3.05) is 12.0 Å². The second-order valence-corrected chi connectivity index (χ2v) is 9.07. The molecule has 0 saturated carbocycles. The molecule has 0 spiro atoms. The number of nitrogens with one attached hydrogen (secondary N) is 1. The molecule has 3 aromatic rings. The zero-order chi connectivity index (χ0) is 24.5. The van der Waals surface area contributed by atoms with Crippen LogP contribution < -0.4 is 9.64 Å². The maximum Gasteiger partial charge on any atom is 0.161 e. The SMILES string of the molecule is COc1ccc(C2C(=C(O)c3ccccc3)C(=N)N(c3ccc(Cl)cc3)C3=C2C(=O)CCC3)cc1. The molecule has 1 aliphatic heterocycles. The summed E-state index contributed by atoms with van der Waals surface area (Å²) in [6, 6.07) is 23.9. The quantitative estimate of drug-likeness (QED) is 0.395. The topological polar surface area (TPSA) is 73.6 Å². The van der Waals surface area contributed by atoms with Crippen molar-refractivity contribution in [1.82, 2.24) is 0 Å². The number of Topliss-reactive ketones (excluding diaryl/α,β-unsaturated/α-hetero) is 1.